The van der Waals surface area contributed by atoms with Gasteiger partial charge in [0.25, 0.3) is 0 Å². The SMILES string of the molecule is CC(=N)N1c2ccc(Br)cc2[C@H](OC(=O)OCc2ccccc2)[C@@H](C)[C@@H]1C. The number of halogens is 1. The van der Waals surface area contributed by atoms with E-state index in [0.717, 1.165) is 21.3 Å². The molecule has 0 saturated carbocycles. The van der Waals surface area contributed by atoms with E-state index < -0.39 is 12.3 Å². The van der Waals surface area contributed by atoms with Crippen molar-refractivity contribution >= 4 is 33.6 Å². The molecule has 142 valence electrons. The van der Waals surface area contributed by atoms with Crippen LogP contribution >= 0.6 is 15.9 Å². The first-order valence-corrected chi connectivity index (χ1v) is 9.69. The third kappa shape index (κ3) is 4.16. The zero-order chi connectivity index (χ0) is 19.6. The van der Waals surface area contributed by atoms with Crippen LogP contribution in [0.1, 0.15) is 38.0 Å². The molecule has 3 rings (SSSR count). The Hall–Kier alpha value is -2.34. The molecule has 0 fully saturated rings. The molecule has 0 amide bonds. The average molecular weight is 431 g/mol. The van der Waals surface area contributed by atoms with E-state index in [9.17, 15) is 4.79 Å². The van der Waals surface area contributed by atoms with Crippen LogP contribution in [-0.2, 0) is 16.1 Å². The number of rotatable bonds is 3. The Balaban J connectivity index is 1.81. The second-order valence-corrected chi connectivity index (χ2v) is 7.74. The van der Waals surface area contributed by atoms with Crippen LogP contribution in [0.2, 0.25) is 0 Å². The number of anilines is 1. The third-order valence-corrected chi connectivity index (χ3v) is 5.48. The fourth-order valence-electron chi connectivity index (χ4n) is 3.47. The van der Waals surface area contributed by atoms with Crippen LogP contribution in [0.3, 0.4) is 0 Å². The predicted octanol–water partition coefficient (Wildman–Crippen LogP) is 5.69. The molecule has 0 bridgehead atoms. The van der Waals surface area contributed by atoms with Gasteiger partial charge in [0.1, 0.15) is 12.7 Å². The van der Waals surface area contributed by atoms with Gasteiger partial charge in [-0.05, 0) is 37.6 Å². The van der Waals surface area contributed by atoms with Gasteiger partial charge < -0.3 is 14.4 Å². The normalized spacial score (nSPS) is 21.3. The zero-order valence-electron chi connectivity index (χ0n) is 15.6. The molecule has 5 nitrogen and oxygen atoms in total. The highest BCUT2D eigenvalue weighted by Crippen LogP contribution is 2.44. The van der Waals surface area contributed by atoms with Gasteiger partial charge in [-0.15, -0.1) is 0 Å². The molecule has 27 heavy (non-hydrogen) atoms. The highest BCUT2D eigenvalue weighted by atomic mass is 79.9. The number of nitrogens with one attached hydrogen (secondary N) is 1. The number of hydrogen-bond acceptors (Lipinski definition) is 4. The van der Waals surface area contributed by atoms with E-state index in [2.05, 4.69) is 15.9 Å². The maximum absolute atomic E-state index is 12.3. The van der Waals surface area contributed by atoms with Crippen molar-refractivity contribution in [2.45, 2.75) is 39.5 Å². The topological polar surface area (TPSA) is 62.6 Å². The van der Waals surface area contributed by atoms with Gasteiger partial charge in [0.15, 0.2) is 0 Å². The standard InChI is InChI=1S/C21H23BrN2O3/c1-13-14(2)24(15(3)23)19-10-9-17(22)11-18(19)20(13)27-21(25)26-12-16-7-5-4-6-8-16/h4-11,13-14,20,23H,12H2,1-3H3/t13-,14-,20+/m0/s1. The van der Waals surface area contributed by atoms with Crippen molar-refractivity contribution < 1.29 is 14.3 Å². The van der Waals surface area contributed by atoms with E-state index >= 15 is 0 Å². The number of carbonyl (C=O) groups excluding carboxylic acids is 1. The Morgan fingerprint density at radius 2 is 1.89 bits per heavy atom. The molecule has 2 aromatic rings. The summed E-state index contributed by atoms with van der Waals surface area (Å²) in [6.07, 6.45) is -1.12. The minimum atomic E-state index is -0.686. The van der Waals surface area contributed by atoms with Crippen molar-refractivity contribution in [3.8, 4) is 0 Å². The molecule has 0 spiro atoms. The number of hydrogen-bond donors (Lipinski definition) is 1. The summed E-state index contributed by atoms with van der Waals surface area (Å²) in [5, 5.41) is 8.14. The molecule has 3 atom stereocenters. The lowest BCUT2D eigenvalue weighted by Gasteiger charge is -2.43. The summed E-state index contributed by atoms with van der Waals surface area (Å²) >= 11 is 3.49. The molecule has 0 saturated heterocycles. The maximum atomic E-state index is 12.3. The fourth-order valence-corrected chi connectivity index (χ4v) is 3.85. The average Bonchev–Trinajstić information content (AvgIpc) is 2.65. The summed E-state index contributed by atoms with van der Waals surface area (Å²) in [7, 11) is 0. The van der Waals surface area contributed by atoms with Crippen LogP contribution in [0, 0.1) is 11.3 Å². The molecule has 0 unspecified atom stereocenters. The van der Waals surface area contributed by atoms with Crippen LogP contribution in [0.15, 0.2) is 53.0 Å². The first-order chi connectivity index (χ1) is 12.9. The van der Waals surface area contributed by atoms with Crippen molar-refractivity contribution in [3.63, 3.8) is 0 Å². The summed E-state index contributed by atoms with van der Waals surface area (Å²) in [4.78, 5) is 14.3. The van der Waals surface area contributed by atoms with Crippen LogP contribution in [0.5, 0.6) is 0 Å². The number of carbonyl (C=O) groups is 1. The number of fused-ring (bicyclic) bond motifs is 1. The van der Waals surface area contributed by atoms with E-state index in [0.29, 0.717) is 5.84 Å². The van der Waals surface area contributed by atoms with Crippen LogP contribution in [-0.4, -0.2) is 18.0 Å². The molecule has 0 aromatic heterocycles. The van der Waals surface area contributed by atoms with E-state index in [1.807, 2.05) is 67.3 Å². The third-order valence-electron chi connectivity index (χ3n) is 4.99. The molecule has 1 aliphatic heterocycles. The Bertz CT molecular complexity index is 841. The van der Waals surface area contributed by atoms with Crippen molar-refractivity contribution in [1.29, 1.82) is 5.41 Å². The van der Waals surface area contributed by atoms with Crippen molar-refractivity contribution in [2.75, 3.05) is 4.90 Å². The summed E-state index contributed by atoms with van der Waals surface area (Å²) in [5.41, 5.74) is 2.67. The van der Waals surface area contributed by atoms with E-state index in [4.69, 9.17) is 14.9 Å². The van der Waals surface area contributed by atoms with Gasteiger partial charge in [0.05, 0.1) is 5.84 Å². The number of nitrogens with zero attached hydrogens (tertiary/aromatic N) is 1. The number of benzene rings is 2. The van der Waals surface area contributed by atoms with Gasteiger partial charge >= 0.3 is 6.16 Å². The summed E-state index contributed by atoms with van der Waals surface area (Å²) < 4.78 is 11.9. The lowest BCUT2D eigenvalue weighted by atomic mass is 9.84. The van der Waals surface area contributed by atoms with Crippen LogP contribution < -0.4 is 4.90 Å². The minimum Gasteiger partial charge on any atom is -0.429 e. The largest absolute Gasteiger partial charge is 0.509 e. The number of amidine groups is 1. The first-order valence-electron chi connectivity index (χ1n) is 8.89. The lowest BCUT2D eigenvalue weighted by Crippen LogP contribution is -2.47. The van der Waals surface area contributed by atoms with Gasteiger partial charge in [-0.1, -0.05) is 53.2 Å². The van der Waals surface area contributed by atoms with Gasteiger partial charge in [0.2, 0.25) is 0 Å². The molecular weight excluding hydrogens is 408 g/mol. The lowest BCUT2D eigenvalue weighted by molar-refractivity contribution is -0.00536. The predicted molar refractivity (Wildman–Crippen MR) is 109 cm³/mol. The van der Waals surface area contributed by atoms with Gasteiger partial charge in [-0.3, -0.25) is 5.41 Å². The van der Waals surface area contributed by atoms with Gasteiger partial charge in [0, 0.05) is 27.7 Å². The Morgan fingerprint density at radius 1 is 1.19 bits per heavy atom. The Labute approximate surface area is 167 Å². The van der Waals surface area contributed by atoms with Gasteiger partial charge in [-0.25, -0.2) is 4.79 Å². The fraction of sp³-hybridized carbons (Fsp3) is 0.333. The number of ether oxygens (including phenoxy) is 2. The highest BCUT2D eigenvalue weighted by molar-refractivity contribution is 9.10. The quantitative estimate of drug-likeness (QED) is 0.386. The molecule has 0 aliphatic carbocycles. The molecule has 0 radical (unpaired) electrons. The Kier molecular flexibility index (Phi) is 5.85. The monoisotopic (exact) mass is 430 g/mol. The summed E-state index contributed by atoms with van der Waals surface area (Å²) in [5.74, 6) is 0.458. The molecule has 6 heteroatoms. The summed E-state index contributed by atoms with van der Waals surface area (Å²) in [6.45, 7) is 6.01. The van der Waals surface area contributed by atoms with Crippen molar-refractivity contribution in [1.82, 2.24) is 0 Å². The van der Waals surface area contributed by atoms with Crippen molar-refractivity contribution in [3.05, 3.63) is 64.1 Å². The second-order valence-electron chi connectivity index (χ2n) is 6.82. The van der Waals surface area contributed by atoms with Crippen LogP contribution in [0.25, 0.3) is 0 Å². The molecule has 1 aliphatic rings. The van der Waals surface area contributed by atoms with Crippen LogP contribution in [0.4, 0.5) is 10.5 Å². The highest BCUT2D eigenvalue weighted by Gasteiger charge is 2.39. The second kappa shape index (κ2) is 8.13. The van der Waals surface area contributed by atoms with E-state index in [1.54, 1.807) is 6.92 Å². The first kappa shape index (κ1) is 19.4. The summed E-state index contributed by atoms with van der Waals surface area (Å²) in [6, 6.07) is 15.4. The zero-order valence-corrected chi connectivity index (χ0v) is 17.2. The van der Waals surface area contributed by atoms with E-state index in [1.165, 1.54) is 0 Å². The van der Waals surface area contributed by atoms with Gasteiger partial charge in [-0.2, -0.15) is 0 Å². The molecule has 1 N–H and O–H groups in total. The van der Waals surface area contributed by atoms with Crippen molar-refractivity contribution in [2.24, 2.45) is 5.92 Å². The maximum Gasteiger partial charge on any atom is 0.509 e. The smallest absolute Gasteiger partial charge is 0.429 e. The molecule has 2 aromatic carbocycles. The molecular formula is C21H23BrN2O3. The minimum absolute atomic E-state index is 0.00336. The van der Waals surface area contributed by atoms with E-state index in [-0.39, 0.29) is 18.6 Å². The molecule has 1 heterocycles. The Morgan fingerprint density at radius 3 is 2.56 bits per heavy atom.